The van der Waals surface area contributed by atoms with Crippen LogP contribution in [0.5, 0.6) is 17.2 Å². The van der Waals surface area contributed by atoms with Gasteiger partial charge in [0, 0.05) is 12.1 Å². The highest BCUT2D eigenvalue weighted by molar-refractivity contribution is 5.88. The molecule has 24 heavy (non-hydrogen) atoms. The minimum Gasteiger partial charge on any atom is -0.508 e. The standard InChI is InChI=1S/C18H16O6/c1-22-15-3-2-4-16(11-15)24-18(21)12-23-17(20)10-7-13-5-8-14(19)9-6-13/h2-11,19H,12H2,1H3/b10-7+. The molecule has 0 saturated carbocycles. The van der Waals surface area contributed by atoms with Crippen LogP contribution >= 0.6 is 0 Å². The smallest absolute Gasteiger partial charge is 0.349 e. The third-order valence-electron chi connectivity index (χ3n) is 2.91. The zero-order valence-corrected chi connectivity index (χ0v) is 13.0. The molecule has 124 valence electrons. The zero-order valence-electron chi connectivity index (χ0n) is 13.0. The van der Waals surface area contributed by atoms with E-state index in [4.69, 9.17) is 19.3 Å². The average Bonchev–Trinajstić information content (AvgIpc) is 2.59. The van der Waals surface area contributed by atoms with E-state index in [2.05, 4.69) is 0 Å². The first-order valence-corrected chi connectivity index (χ1v) is 7.05. The number of hydrogen-bond acceptors (Lipinski definition) is 6. The minimum atomic E-state index is -0.699. The molecule has 6 nitrogen and oxygen atoms in total. The van der Waals surface area contributed by atoms with Crippen LogP contribution in [0.25, 0.3) is 6.08 Å². The maximum atomic E-state index is 11.6. The predicted molar refractivity (Wildman–Crippen MR) is 86.7 cm³/mol. The number of benzene rings is 2. The lowest BCUT2D eigenvalue weighted by Crippen LogP contribution is -2.17. The van der Waals surface area contributed by atoms with Gasteiger partial charge >= 0.3 is 11.9 Å². The molecule has 2 rings (SSSR count). The topological polar surface area (TPSA) is 82.1 Å². The molecule has 0 aliphatic carbocycles. The van der Waals surface area contributed by atoms with E-state index in [9.17, 15) is 9.59 Å². The average molecular weight is 328 g/mol. The first-order valence-electron chi connectivity index (χ1n) is 7.05. The summed E-state index contributed by atoms with van der Waals surface area (Å²) in [5, 5.41) is 9.16. The van der Waals surface area contributed by atoms with E-state index in [0.29, 0.717) is 17.1 Å². The van der Waals surface area contributed by atoms with Gasteiger partial charge in [-0.1, -0.05) is 18.2 Å². The van der Waals surface area contributed by atoms with Crippen molar-refractivity contribution in [2.45, 2.75) is 0 Å². The Kier molecular flexibility index (Phi) is 5.96. The van der Waals surface area contributed by atoms with Crippen molar-refractivity contribution in [3.8, 4) is 17.2 Å². The summed E-state index contributed by atoms with van der Waals surface area (Å²) >= 11 is 0. The van der Waals surface area contributed by atoms with Crippen molar-refractivity contribution in [3.05, 3.63) is 60.2 Å². The molecule has 0 atom stereocenters. The second-order valence-electron chi connectivity index (χ2n) is 4.69. The maximum Gasteiger partial charge on any atom is 0.349 e. The third kappa shape index (κ3) is 5.49. The number of carbonyl (C=O) groups excluding carboxylic acids is 2. The van der Waals surface area contributed by atoms with Crippen LogP contribution in [0.15, 0.2) is 54.6 Å². The number of rotatable bonds is 6. The number of carbonyl (C=O) groups is 2. The summed E-state index contributed by atoms with van der Waals surface area (Å²) in [5.41, 5.74) is 0.712. The molecule has 0 aliphatic heterocycles. The molecule has 0 heterocycles. The van der Waals surface area contributed by atoms with Gasteiger partial charge < -0.3 is 19.3 Å². The Morgan fingerprint density at radius 1 is 1.08 bits per heavy atom. The second-order valence-corrected chi connectivity index (χ2v) is 4.69. The third-order valence-corrected chi connectivity index (χ3v) is 2.91. The monoisotopic (exact) mass is 328 g/mol. The molecular weight excluding hydrogens is 312 g/mol. The second kappa shape index (κ2) is 8.38. The molecule has 0 saturated heterocycles. The van der Waals surface area contributed by atoms with Crippen LogP contribution in [0.1, 0.15) is 5.56 Å². The Morgan fingerprint density at radius 2 is 1.79 bits per heavy atom. The molecule has 2 aromatic rings. The van der Waals surface area contributed by atoms with Gasteiger partial charge in [0.2, 0.25) is 0 Å². The Labute approximate surface area is 138 Å². The van der Waals surface area contributed by atoms with Crippen LogP contribution < -0.4 is 9.47 Å². The van der Waals surface area contributed by atoms with Gasteiger partial charge in [0.05, 0.1) is 7.11 Å². The molecule has 0 aliphatic rings. The van der Waals surface area contributed by atoms with Gasteiger partial charge in [-0.25, -0.2) is 9.59 Å². The molecule has 6 heteroatoms. The highest BCUT2D eigenvalue weighted by atomic mass is 16.6. The fourth-order valence-corrected chi connectivity index (χ4v) is 1.75. The molecule has 2 aromatic carbocycles. The SMILES string of the molecule is COc1cccc(OC(=O)COC(=O)/C=C/c2ccc(O)cc2)c1. The van der Waals surface area contributed by atoms with E-state index < -0.39 is 18.5 Å². The van der Waals surface area contributed by atoms with Crippen molar-refractivity contribution in [1.29, 1.82) is 0 Å². The number of ether oxygens (including phenoxy) is 3. The number of phenolic OH excluding ortho intramolecular Hbond substituents is 1. The van der Waals surface area contributed by atoms with Crippen molar-refractivity contribution >= 4 is 18.0 Å². The van der Waals surface area contributed by atoms with Gasteiger partial charge in [-0.15, -0.1) is 0 Å². The number of esters is 2. The molecule has 0 amide bonds. The minimum absolute atomic E-state index is 0.134. The van der Waals surface area contributed by atoms with Gasteiger partial charge in [0.15, 0.2) is 6.61 Å². The number of methoxy groups -OCH3 is 1. The van der Waals surface area contributed by atoms with Crippen molar-refractivity contribution in [3.63, 3.8) is 0 Å². The predicted octanol–water partition coefficient (Wildman–Crippen LogP) is 2.56. The summed E-state index contributed by atoms with van der Waals surface area (Å²) in [6.07, 6.45) is 2.69. The molecular formula is C18H16O6. The van der Waals surface area contributed by atoms with Crippen LogP contribution in [0.2, 0.25) is 0 Å². The van der Waals surface area contributed by atoms with E-state index in [0.717, 1.165) is 0 Å². The molecule has 0 bridgehead atoms. The zero-order chi connectivity index (χ0) is 17.4. The van der Waals surface area contributed by atoms with Gasteiger partial charge in [0.1, 0.15) is 17.2 Å². The number of hydrogen-bond donors (Lipinski definition) is 1. The first kappa shape index (κ1) is 17.1. The molecule has 0 unspecified atom stereocenters. The van der Waals surface area contributed by atoms with Crippen molar-refractivity contribution in [2.75, 3.05) is 13.7 Å². The Balaban J connectivity index is 1.80. The molecule has 0 fully saturated rings. The summed E-state index contributed by atoms with van der Waals surface area (Å²) in [6.45, 7) is -0.504. The molecule has 0 spiro atoms. The van der Waals surface area contributed by atoms with Crippen LogP contribution in [-0.2, 0) is 14.3 Å². The molecule has 1 N–H and O–H groups in total. The van der Waals surface area contributed by atoms with E-state index in [1.807, 2.05) is 0 Å². The van der Waals surface area contributed by atoms with E-state index in [-0.39, 0.29) is 5.75 Å². The quantitative estimate of drug-likeness (QED) is 0.498. The fourth-order valence-electron chi connectivity index (χ4n) is 1.75. The fraction of sp³-hybridized carbons (Fsp3) is 0.111. The van der Waals surface area contributed by atoms with Crippen molar-refractivity contribution < 1.29 is 28.9 Å². The highest BCUT2D eigenvalue weighted by Crippen LogP contribution is 2.18. The summed E-state index contributed by atoms with van der Waals surface area (Å²) in [5.74, 6) is -0.389. The summed E-state index contributed by atoms with van der Waals surface area (Å²) in [4.78, 5) is 23.2. The van der Waals surface area contributed by atoms with Crippen LogP contribution in [0.4, 0.5) is 0 Å². The normalized spacial score (nSPS) is 10.4. The van der Waals surface area contributed by atoms with E-state index in [1.165, 1.54) is 31.4 Å². The Hall–Kier alpha value is -3.28. The molecule has 0 radical (unpaired) electrons. The van der Waals surface area contributed by atoms with Crippen LogP contribution in [0, 0.1) is 0 Å². The van der Waals surface area contributed by atoms with Crippen molar-refractivity contribution in [1.82, 2.24) is 0 Å². The summed E-state index contributed by atoms with van der Waals surface area (Å²) in [7, 11) is 1.50. The largest absolute Gasteiger partial charge is 0.508 e. The lowest BCUT2D eigenvalue weighted by atomic mass is 10.2. The summed E-state index contributed by atoms with van der Waals surface area (Å²) in [6, 6.07) is 12.8. The van der Waals surface area contributed by atoms with Gasteiger partial charge in [-0.05, 0) is 35.9 Å². The molecule has 0 aromatic heterocycles. The summed E-state index contributed by atoms with van der Waals surface area (Å²) < 4.78 is 14.8. The van der Waals surface area contributed by atoms with Crippen LogP contribution in [0.3, 0.4) is 0 Å². The maximum absolute atomic E-state index is 11.6. The number of phenols is 1. The Bertz CT molecular complexity index is 733. The van der Waals surface area contributed by atoms with E-state index in [1.54, 1.807) is 36.4 Å². The van der Waals surface area contributed by atoms with Gasteiger partial charge in [-0.3, -0.25) is 0 Å². The first-order chi connectivity index (χ1) is 11.6. The van der Waals surface area contributed by atoms with Gasteiger partial charge in [0.25, 0.3) is 0 Å². The van der Waals surface area contributed by atoms with Gasteiger partial charge in [-0.2, -0.15) is 0 Å². The van der Waals surface area contributed by atoms with Crippen molar-refractivity contribution in [2.24, 2.45) is 0 Å². The lowest BCUT2D eigenvalue weighted by Gasteiger charge is -2.06. The Morgan fingerprint density at radius 3 is 2.50 bits per heavy atom. The number of aromatic hydroxyl groups is 1. The van der Waals surface area contributed by atoms with E-state index >= 15 is 0 Å². The van der Waals surface area contributed by atoms with Crippen LogP contribution in [-0.4, -0.2) is 30.8 Å². The lowest BCUT2D eigenvalue weighted by molar-refractivity contribution is -0.150. The highest BCUT2D eigenvalue weighted by Gasteiger charge is 2.08.